The topological polar surface area (TPSA) is 24.9 Å². The zero-order chi connectivity index (χ0) is 10.8. The summed E-state index contributed by atoms with van der Waals surface area (Å²) in [5, 5.41) is 4.36. The summed E-state index contributed by atoms with van der Waals surface area (Å²) in [6.45, 7) is 2.10. The molecule has 0 fully saturated rings. The molecule has 0 bridgehead atoms. The monoisotopic (exact) mass is 300 g/mol. The highest BCUT2D eigenvalue weighted by atomic mass is 79.9. The van der Waals surface area contributed by atoms with Crippen molar-refractivity contribution >= 4 is 39.2 Å². The number of aromatic nitrogens is 1. The number of nitrogens with one attached hydrogen (secondary N) is 1. The summed E-state index contributed by atoms with van der Waals surface area (Å²) < 4.78 is 1.07. The van der Waals surface area contributed by atoms with E-state index in [1.807, 2.05) is 19.2 Å². The van der Waals surface area contributed by atoms with Gasteiger partial charge in [0.2, 0.25) is 0 Å². The van der Waals surface area contributed by atoms with Gasteiger partial charge in [-0.25, -0.2) is 0 Å². The molecule has 0 spiro atoms. The Kier molecular flexibility index (Phi) is 4.71. The summed E-state index contributed by atoms with van der Waals surface area (Å²) in [6.07, 6.45) is 0. The van der Waals surface area contributed by atoms with Crippen molar-refractivity contribution < 1.29 is 0 Å². The van der Waals surface area contributed by atoms with E-state index in [9.17, 15) is 0 Å². The van der Waals surface area contributed by atoms with Crippen molar-refractivity contribution in [3.63, 3.8) is 0 Å². The van der Waals surface area contributed by atoms with Crippen LogP contribution in [0.5, 0.6) is 0 Å². The maximum Gasteiger partial charge on any atom is 0.0717 e. The van der Waals surface area contributed by atoms with Gasteiger partial charge in [0.1, 0.15) is 0 Å². The Labute approximate surface area is 110 Å². The fourth-order valence-electron chi connectivity index (χ4n) is 1.50. The lowest BCUT2D eigenvalue weighted by molar-refractivity contribution is 0.635. The third kappa shape index (κ3) is 2.73. The average molecular weight is 302 g/mol. The molecule has 0 unspecified atom stereocenters. The fourth-order valence-corrected chi connectivity index (χ4v) is 1.84. The molecule has 86 valence electrons. The fraction of sp³-hybridized carbons (Fsp3) is 0.250. The predicted molar refractivity (Wildman–Crippen MR) is 74.2 cm³/mol. The van der Waals surface area contributed by atoms with Gasteiger partial charge in [-0.15, -0.1) is 12.4 Å². The summed E-state index contributed by atoms with van der Waals surface area (Å²) in [5.74, 6) is 0. The van der Waals surface area contributed by atoms with Gasteiger partial charge in [0.15, 0.2) is 0 Å². The molecule has 1 aromatic carbocycles. The van der Waals surface area contributed by atoms with E-state index in [0.717, 1.165) is 15.7 Å². The van der Waals surface area contributed by atoms with Crippen LogP contribution in [0.25, 0.3) is 10.9 Å². The molecule has 1 aromatic heterocycles. The standard InChI is InChI=1S/C12H13BrN2.ClH/c1-8(14-2)11-6-4-9-3-5-10(13)7-12(9)15-11;/h3-8,14H,1-2H3;1H/t8-;/m1./s1. The largest absolute Gasteiger partial charge is 0.312 e. The second-order valence-corrected chi connectivity index (χ2v) is 4.50. The van der Waals surface area contributed by atoms with Gasteiger partial charge >= 0.3 is 0 Å². The van der Waals surface area contributed by atoms with Crippen LogP contribution in [0.3, 0.4) is 0 Å². The van der Waals surface area contributed by atoms with Gasteiger partial charge in [-0.1, -0.05) is 28.1 Å². The summed E-state index contributed by atoms with van der Waals surface area (Å²) in [5.41, 5.74) is 2.10. The molecule has 1 heterocycles. The molecule has 0 aliphatic rings. The lowest BCUT2D eigenvalue weighted by Crippen LogP contribution is -2.13. The number of hydrogen-bond donors (Lipinski definition) is 1. The van der Waals surface area contributed by atoms with Crippen molar-refractivity contribution in [2.45, 2.75) is 13.0 Å². The third-order valence-corrected chi connectivity index (χ3v) is 3.05. The van der Waals surface area contributed by atoms with Gasteiger partial charge in [-0.05, 0) is 32.2 Å². The first kappa shape index (κ1) is 13.4. The SMILES string of the molecule is CN[C@H](C)c1ccc2ccc(Br)cc2n1.Cl. The highest BCUT2D eigenvalue weighted by molar-refractivity contribution is 9.10. The van der Waals surface area contributed by atoms with Crippen LogP contribution in [0.15, 0.2) is 34.8 Å². The molecule has 0 amide bonds. The minimum Gasteiger partial charge on any atom is -0.312 e. The van der Waals surface area contributed by atoms with Gasteiger partial charge in [-0.3, -0.25) is 4.98 Å². The van der Waals surface area contributed by atoms with Crippen LogP contribution in [0.2, 0.25) is 0 Å². The Hall–Kier alpha value is -0.640. The second-order valence-electron chi connectivity index (χ2n) is 3.58. The Morgan fingerprint density at radius 2 is 1.94 bits per heavy atom. The van der Waals surface area contributed by atoms with E-state index in [1.165, 1.54) is 5.39 Å². The molecule has 16 heavy (non-hydrogen) atoms. The minimum atomic E-state index is 0. The molecule has 2 aromatic rings. The van der Waals surface area contributed by atoms with Gasteiger partial charge in [0, 0.05) is 15.9 Å². The van der Waals surface area contributed by atoms with Crippen LogP contribution in [-0.4, -0.2) is 12.0 Å². The first-order valence-electron chi connectivity index (χ1n) is 4.94. The third-order valence-electron chi connectivity index (χ3n) is 2.55. The van der Waals surface area contributed by atoms with Crippen LogP contribution in [0.1, 0.15) is 18.7 Å². The first-order chi connectivity index (χ1) is 7.20. The number of pyridine rings is 1. The van der Waals surface area contributed by atoms with E-state index in [0.29, 0.717) is 0 Å². The second kappa shape index (κ2) is 5.62. The van der Waals surface area contributed by atoms with E-state index in [4.69, 9.17) is 0 Å². The molecular weight excluding hydrogens is 288 g/mol. The van der Waals surface area contributed by atoms with Gasteiger partial charge in [0.25, 0.3) is 0 Å². The van der Waals surface area contributed by atoms with E-state index < -0.39 is 0 Å². The number of benzene rings is 1. The minimum absolute atomic E-state index is 0. The molecule has 1 atom stereocenters. The molecule has 2 rings (SSSR count). The Morgan fingerprint density at radius 3 is 2.62 bits per heavy atom. The molecule has 0 aliphatic heterocycles. The number of halogens is 2. The summed E-state index contributed by atoms with van der Waals surface area (Å²) in [7, 11) is 1.94. The van der Waals surface area contributed by atoms with E-state index in [-0.39, 0.29) is 18.4 Å². The normalized spacial score (nSPS) is 12.2. The first-order valence-corrected chi connectivity index (χ1v) is 5.73. The maximum absolute atomic E-state index is 4.61. The number of nitrogens with zero attached hydrogens (tertiary/aromatic N) is 1. The Balaban J connectivity index is 0.00000128. The van der Waals surface area contributed by atoms with Crippen molar-refractivity contribution in [3.8, 4) is 0 Å². The predicted octanol–water partition coefficient (Wildman–Crippen LogP) is 3.70. The van der Waals surface area contributed by atoms with Crippen molar-refractivity contribution in [2.24, 2.45) is 0 Å². The van der Waals surface area contributed by atoms with Crippen molar-refractivity contribution in [1.82, 2.24) is 10.3 Å². The lowest BCUT2D eigenvalue weighted by atomic mass is 10.1. The van der Waals surface area contributed by atoms with Crippen LogP contribution in [-0.2, 0) is 0 Å². The van der Waals surface area contributed by atoms with Crippen molar-refractivity contribution in [2.75, 3.05) is 7.05 Å². The molecule has 0 saturated heterocycles. The average Bonchev–Trinajstić information content (AvgIpc) is 2.27. The zero-order valence-electron chi connectivity index (χ0n) is 9.20. The molecule has 2 nitrogen and oxygen atoms in total. The van der Waals surface area contributed by atoms with Crippen LogP contribution < -0.4 is 5.32 Å². The molecule has 4 heteroatoms. The molecular formula is C12H14BrClN2. The van der Waals surface area contributed by atoms with E-state index in [1.54, 1.807) is 0 Å². The number of fused-ring (bicyclic) bond motifs is 1. The zero-order valence-corrected chi connectivity index (χ0v) is 11.6. The number of rotatable bonds is 2. The number of hydrogen-bond acceptors (Lipinski definition) is 2. The van der Waals surface area contributed by atoms with E-state index in [2.05, 4.69) is 51.4 Å². The Morgan fingerprint density at radius 1 is 1.25 bits per heavy atom. The van der Waals surface area contributed by atoms with Gasteiger partial charge < -0.3 is 5.32 Å². The maximum atomic E-state index is 4.61. The Bertz CT molecular complexity index is 487. The van der Waals surface area contributed by atoms with Crippen LogP contribution in [0, 0.1) is 0 Å². The summed E-state index contributed by atoms with van der Waals surface area (Å²) in [4.78, 5) is 4.61. The smallest absolute Gasteiger partial charge is 0.0717 e. The summed E-state index contributed by atoms with van der Waals surface area (Å²) >= 11 is 3.46. The van der Waals surface area contributed by atoms with Gasteiger partial charge in [-0.2, -0.15) is 0 Å². The molecule has 0 saturated carbocycles. The summed E-state index contributed by atoms with van der Waals surface area (Å²) in [6, 6.07) is 10.6. The molecule has 0 radical (unpaired) electrons. The van der Waals surface area contributed by atoms with Crippen molar-refractivity contribution in [1.29, 1.82) is 0 Å². The van der Waals surface area contributed by atoms with Crippen LogP contribution in [0.4, 0.5) is 0 Å². The molecule has 1 N–H and O–H groups in total. The quantitative estimate of drug-likeness (QED) is 0.915. The van der Waals surface area contributed by atoms with Crippen molar-refractivity contribution in [3.05, 3.63) is 40.5 Å². The lowest BCUT2D eigenvalue weighted by Gasteiger charge is -2.10. The van der Waals surface area contributed by atoms with Gasteiger partial charge in [0.05, 0.1) is 11.2 Å². The molecule has 0 aliphatic carbocycles. The highest BCUT2D eigenvalue weighted by Crippen LogP contribution is 2.20. The highest BCUT2D eigenvalue weighted by Gasteiger charge is 2.04. The van der Waals surface area contributed by atoms with Crippen LogP contribution >= 0.6 is 28.3 Å². The van der Waals surface area contributed by atoms with E-state index >= 15 is 0 Å².